The first-order valence-corrected chi connectivity index (χ1v) is 8.68. The minimum absolute atomic E-state index is 0.114. The summed E-state index contributed by atoms with van der Waals surface area (Å²) in [6, 6.07) is 0. The Hall–Kier alpha value is -0.260. The van der Waals surface area contributed by atoms with Crippen molar-refractivity contribution >= 4 is 17.7 Å². The highest BCUT2D eigenvalue weighted by molar-refractivity contribution is 7.99. The third kappa shape index (κ3) is 4.64. The molecule has 118 valence electrons. The molecule has 1 rings (SSSR count). The first-order chi connectivity index (χ1) is 9.39. The van der Waals surface area contributed by atoms with Gasteiger partial charge in [0, 0.05) is 18.8 Å². The molecule has 0 spiro atoms. The standard InChI is InChI=1S/C15H30N2O2S/c1-6-17(7-2)9-8-16-15(13(18)19-5)10-14(3,4)11-20-12-15/h16H,6-12H2,1-5H3. The van der Waals surface area contributed by atoms with E-state index in [1.54, 1.807) is 0 Å². The lowest BCUT2D eigenvalue weighted by Gasteiger charge is -2.43. The molecule has 0 aromatic carbocycles. The molecule has 1 aliphatic heterocycles. The molecule has 20 heavy (non-hydrogen) atoms. The number of carbonyl (C=O) groups is 1. The van der Waals surface area contributed by atoms with Crippen LogP contribution in [0.1, 0.15) is 34.1 Å². The Morgan fingerprint density at radius 3 is 2.45 bits per heavy atom. The molecule has 1 atom stereocenters. The van der Waals surface area contributed by atoms with Crippen molar-refractivity contribution in [2.45, 2.75) is 39.7 Å². The molecule has 0 amide bonds. The van der Waals surface area contributed by atoms with E-state index >= 15 is 0 Å². The Labute approximate surface area is 128 Å². The summed E-state index contributed by atoms with van der Waals surface area (Å²) in [6.07, 6.45) is 0.845. The monoisotopic (exact) mass is 302 g/mol. The van der Waals surface area contributed by atoms with Gasteiger partial charge < -0.3 is 9.64 Å². The molecule has 1 fully saturated rings. The van der Waals surface area contributed by atoms with E-state index in [9.17, 15) is 4.79 Å². The molecule has 1 N–H and O–H groups in total. The highest BCUT2D eigenvalue weighted by Crippen LogP contribution is 2.39. The van der Waals surface area contributed by atoms with Crippen LogP contribution in [-0.4, -0.2) is 61.2 Å². The molecule has 0 radical (unpaired) electrons. The zero-order valence-corrected chi connectivity index (χ0v) is 14.4. The van der Waals surface area contributed by atoms with Gasteiger partial charge in [-0.3, -0.25) is 10.1 Å². The molecule has 1 saturated heterocycles. The van der Waals surface area contributed by atoms with E-state index in [0.717, 1.165) is 44.1 Å². The van der Waals surface area contributed by atoms with Crippen molar-refractivity contribution in [1.82, 2.24) is 10.2 Å². The molecule has 4 nitrogen and oxygen atoms in total. The van der Waals surface area contributed by atoms with E-state index < -0.39 is 5.54 Å². The van der Waals surface area contributed by atoms with Gasteiger partial charge >= 0.3 is 5.97 Å². The molecule has 0 aromatic heterocycles. The molecular weight excluding hydrogens is 272 g/mol. The van der Waals surface area contributed by atoms with Crippen LogP contribution in [0.4, 0.5) is 0 Å². The maximum absolute atomic E-state index is 12.3. The predicted molar refractivity (Wildman–Crippen MR) is 86.3 cm³/mol. The molecule has 1 unspecified atom stereocenters. The SMILES string of the molecule is CCN(CC)CCNC1(C(=O)OC)CSCC(C)(C)C1. The second-order valence-electron chi connectivity index (χ2n) is 6.36. The average molecular weight is 302 g/mol. The van der Waals surface area contributed by atoms with Crippen LogP contribution in [0.5, 0.6) is 0 Å². The summed E-state index contributed by atoms with van der Waals surface area (Å²) in [4.78, 5) is 14.6. The van der Waals surface area contributed by atoms with Crippen molar-refractivity contribution in [1.29, 1.82) is 0 Å². The van der Waals surface area contributed by atoms with Crippen molar-refractivity contribution in [2.75, 3.05) is 44.8 Å². The van der Waals surface area contributed by atoms with Crippen LogP contribution in [0.3, 0.4) is 0 Å². The summed E-state index contributed by atoms with van der Waals surface area (Å²) in [6.45, 7) is 12.7. The smallest absolute Gasteiger partial charge is 0.326 e. The summed E-state index contributed by atoms with van der Waals surface area (Å²) in [5, 5.41) is 3.50. The molecule has 0 aliphatic carbocycles. The lowest BCUT2D eigenvalue weighted by molar-refractivity contribution is -0.149. The van der Waals surface area contributed by atoms with Gasteiger partial charge in [-0.1, -0.05) is 27.7 Å². The number of carbonyl (C=O) groups excluding carboxylic acids is 1. The fourth-order valence-electron chi connectivity index (χ4n) is 2.93. The number of hydrogen-bond donors (Lipinski definition) is 1. The van der Waals surface area contributed by atoms with Crippen LogP contribution < -0.4 is 5.32 Å². The number of hydrogen-bond acceptors (Lipinski definition) is 5. The number of ether oxygens (including phenoxy) is 1. The number of rotatable bonds is 7. The Morgan fingerprint density at radius 2 is 1.95 bits per heavy atom. The minimum Gasteiger partial charge on any atom is -0.468 e. The number of nitrogens with zero attached hydrogens (tertiary/aromatic N) is 1. The van der Waals surface area contributed by atoms with E-state index in [1.165, 1.54) is 7.11 Å². The van der Waals surface area contributed by atoms with E-state index in [0.29, 0.717) is 0 Å². The van der Waals surface area contributed by atoms with Crippen LogP contribution in [-0.2, 0) is 9.53 Å². The van der Waals surface area contributed by atoms with Gasteiger partial charge in [0.1, 0.15) is 5.54 Å². The molecule has 0 aromatic rings. The van der Waals surface area contributed by atoms with Crippen LogP contribution in [0.15, 0.2) is 0 Å². The quantitative estimate of drug-likeness (QED) is 0.729. The van der Waals surface area contributed by atoms with Gasteiger partial charge in [-0.2, -0.15) is 11.8 Å². The molecule has 1 heterocycles. The average Bonchev–Trinajstić information content (AvgIpc) is 2.41. The number of methoxy groups -OCH3 is 1. The fraction of sp³-hybridized carbons (Fsp3) is 0.933. The molecule has 1 aliphatic rings. The zero-order chi connectivity index (χ0) is 15.2. The summed E-state index contributed by atoms with van der Waals surface area (Å²) in [7, 11) is 1.49. The van der Waals surface area contributed by atoms with Crippen molar-refractivity contribution in [2.24, 2.45) is 5.41 Å². The Bertz CT molecular complexity index is 319. The Balaban J connectivity index is 2.67. The number of thioether (sulfide) groups is 1. The predicted octanol–water partition coefficient (Wildman–Crippen LogP) is 1.99. The molecule has 5 heteroatoms. The summed E-state index contributed by atoms with van der Waals surface area (Å²) < 4.78 is 5.07. The van der Waals surface area contributed by atoms with E-state index in [-0.39, 0.29) is 11.4 Å². The second-order valence-corrected chi connectivity index (χ2v) is 7.35. The molecule has 0 bridgehead atoms. The Morgan fingerprint density at radius 1 is 1.30 bits per heavy atom. The Kier molecular flexibility index (Phi) is 6.82. The maximum Gasteiger partial charge on any atom is 0.326 e. The number of nitrogens with one attached hydrogen (secondary N) is 1. The number of esters is 1. The second kappa shape index (κ2) is 7.66. The van der Waals surface area contributed by atoms with Gasteiger partial charge in [0.05, 0.1) is 7.11 Å². The summed E-state index contributed by atoms with van der Waals surface area (Å²) >= 11 is 1.85. The zero-order valence-electron chi connectivity index (χ0n) is 13.6. The van der Waals surface area contributed by atoms with Gasteiger partial charge in [-0.05, 0) is 30.7 Å². The van der Waals surface area contributed by atoms with Crippen LogP contribution in [0.25, 0.3) is 0 Å². The third-order valence-electron chi connectivity index (χ3n) is 3.98. The lowest BCUT2D eigenvalue weighted by Crippen LogP contribution is -2.60. The van der Waals surface area contributed by atoms with Crippen LogP contribution >= 0.6 is 11.8 Å². The summed E-state index contributed by atoms with van der Waals surface area (Å²) in [5.74, 6) is 1.79. The topological polar surface area (TPSA) is 41.6 Å². The van der Waals surface area contributed by atoms with E-state index in [4.69, 9.17) is 4.74 Å². The fourth-order valence-corrected chi connectivity index (χ4v) is 4.35. The van der Waals surface area contributed by atoms with E-state index in [1.807, 2.05) is 11.8 Å². The van der Waals surface area contributed by atoms with Crippen LogP contribution in [0, 0.1) is 5.41 Å². The first kappa shape index (κ1) is 17.8. The lowest BCUT2D eigenvalue weighted by atomic mass is 9.79. The highest BCUT2D eigenvalue weighted by atomic mass is 32.2. The third-order valence-corrected chi connectivity index (χ3v) is 5.67. The van der Waals surface area contributed by atoms with Gasteiger partial charge in [-0.15, -0.1) is 0 Å². The maximum atomic E-state index is 12.3. The van der Waals surface area contributed by atoms with Gasteiger partial charge in [0.2, 0.25) is 0 Å². The van der Waals surface area contributed by atoms with Crippen molar-refractivity contribution in [3.05, 3.63) is 0 Å². The van der Waals surface area contributed by atoms with Crippen molar-refractivity contribution in [3.8, 4) is 0 Å². The van der Waals surface area contributed by atoms with E-state index in [2.05, 4.69) is 37.9 Å². The molecule has 0 saturated carbocycles. The number of likely N-dealkylation sites (N-methyl/N-ethyl adjacent to an activating group) is 1. The van der Waals surface area contributed by atoms with Crippen molar-refractivity contribution < 1.29 is 9.53 Å². The summed E-state index contributed by atoms with van der Waals surface area (Å²) in [5.41, 5.74) is -0.354. The van der Waals surface area contributed by atoms with Crippen molar-refractivity contribution in [3.63, 3.8) is 0 Å². The van der Waals surface area contributed by atoms with Gasteiger partial charge in [0.15, 0.2) is 0 Å². The normalized spacial score (nSPS) is 25.7. The van der Waals surface area contributed by atoms with Crippen LogP contribution in [0.2, 0.25) is 0 Å². The van der Waals surface area contributed by atoms with Gasteiger partial charge in [-0.25, -0.2) is 0 Å². The molecular formula is C15H30N2O2S. The minimum atomic E-state index is -0.520. The largest absolute Gasteiger partial charge is 0.468 e. The highest BCUT2D eigenvalue weighted by Gasteiger charge is 2.46. The first-order valence-electron chi connectivity index (χ1n) is 7.52. The van der Waals surface area contributed by atoms with Gasteiger partial charge in [0.25, 0.3) is 0 Å².